The zero-order chi connectivity index (χ0) is 19.1. The summed E-state index contributed by atoms with van der Waals surface area (Å²) in [5.41, 5.74) is 6.06. The van der Waals surface area contributed by atoms with Gasteiger partial charge < -0.3 is 5.32 Å². The molecule has 0 atom stereocenters. The molecule has 4 rings (SSSR count). The smallest absolute Gasteiger partial charge is 0.256 e. The lowest BCUT2D eigenvalue weighted by molar-refractivity contribution is 0.102. The highest BCUT2D eigenvalue weighted by molar-refractivity contribution is 7.22. The number of thiazole rings is 1. The maximum atomic E-state index is 12.9. The zero-order valence-electron chi connectivity index (χ0n) is 15.7. The molecule has 27 heavy (non-hydrogen) atoms. The van der Waals surface area contributed by atoms with E-state index >= 15 is 0 Å². The summed E-state index contributed by atoms with van der Waals surface area (Å²) in [6, 6.07) is 14.0. The van der Waals surface area contributed by atoms with E-state index in [-0.39, 0.29) is 5.91 Å². The number of carbonyl (C=O) groups is 1. The van der Waals surface area contributed by atoms with Crippen LogP contribution in [0.5, 0.6) is 0 Å². The SMILES string of the molecule is Cc1ccc(C(=O)Nc2sc(C)c(C)c2-c2nc3ccccc3s2)c(C)c1. The minimum atomic E-state index is -0.0730. The molecule has 2 aromatic heterocycles. The molecule has 0 unspecified atom stereocenters. The van der Waals surface area contributed by atoms with Gasteiger partial charge in [-0.05, 0) is 57.0 Å². The molecule has 0 aliphatic carbocycles. The summed E-state index contributed by atoms with van der Waals surface area (Å²) >= 11 is 3.28. The number of carbonyl (C=O) groups excluding carboxylic acids is 1. The van der Waals surface area contributed by atoms with Gasteiger partial charge in [-0.15, -0.1) is 22.7 Å². The number of hydrogen-bond acceptors (Lipinski definition) is 4. The average Bonchev–Trinajstić information content (AvgIpc) is 3.15. The highest BCUT2D eigenvalue weighted by Gasteiger charge is 2.20. The first-order chi connectivity index (χ1) is 12.9. The topological polar surface area (TPSA) is 42.0 Å². The number of amides is 1. The standard InChI is InChI=1S/C22H20N2OS2/c1-12-9-10-16(13(2)11-12)20(25)24-22-19(14(3)15(4)26-22)21-23-17-7-5-6-8-18(17)27-21/h5-11H,1-4H3,(H,24,25). The summed E-state index contributed by atoms with van der Waals surface area (Å²) in [5.74, 6) is -0.0730. The highest BCUT2D eigenvalue weighted by Crippen LogP contribution is 2.43. The second kappa shape index (κ2) is 6.91. The van der Waals surface area contributed by atoms with Gasteiger partial charge in [0.1, 0.15) is 10.0 Å². The van der Waals surface area contributed by atoms with Gasteiger partial charge in [0.05, 0.1) is 10.2 Å². The molecule has 2 aromatic carbocycles. The van der Waals surface area contributed by atoms with Crippen LogP contribution < -0.4 is 5.32 Å². The van der Waals surface area contributed by atoms with Gasteiger partial charge in [-0.25, -0.2) is 4.98 Å². The van der Waals surface area contributed by atoms with E-state index in [1.807, 2.05) is 50.2 Å². The molecule has 136 valence electrons. The Balaban J connectivity index is 1.75. The maximum Gasteiger partial charge on any atom is 0.256 e. The lowest BCUT2D eigenvalue weighted by Crippen LogP contribution is -2.13. The minimum Gasteiger partial charge on any atom is -0.313 e. The predicted molar refractivity (Wildman–Crippen MR) is 116 cm³/mol. The largest absolute Gasteiger partial charge is 0.313 e. The van der Waals surface area contributed by atoms with Gasteiger partial charge in [0.15, 0.2) is 0 Å². The number of benzene rings is 2. The van der Waals surface area contributed by atoms with Crippen LogP contribution in [0.25, 0.3) is 20.8 Å². The summed E-state index contributed by atoms with van der Waals surface area (Å²) in [6.07, 6.45) is 0. The molecule has 0 bridgehead atoms. The first-order valence-electron chi connectivity index (χ1n) is 8.78. The molecule has 1 amide bonds. The van der Waals surface area contributed by atoms with Crippen LogP contribution in [0.3, 0.4) is 0 Å². The molecule has 0 spiro atoms. The molecule has 0 aliphatic rings. The molecule has 1 N–H and O–H groups in total. The highest BCUT2D eigenvalue weighted by atomic mass is 32.1. The summed E-state index contributed by atoms with van der Waals surface area (Å²) < 4.78 is 1.16. The number of thiophene rings is 1. The Morgan fingerprint density at radius 3 is 2.52 bits per heavy atom. The molecule has 0 saturated carbocycles. The molecule has 0 fully saturated rings. The first-order valence-corrected chi connectivity index (χ1v) is 10.4. The molecular weight excluding hydrogens is 372 g/mol. The van der Waals surface area contributed by atoms with E-state index in [0.29, 0.717) is 5.56 Å². The van der Waals surface area contributed by atoms with Crippen molar-refractivity contribution in [1.29, 1.82) is 0 Å². The number of fused-ring (bicyclic) bond motifs is 1. The fraction of sp³-hybridized carbons (Fsp3) is 0.182. The molecular formula is C22H20N2OS2. The van der Waals surface area contributed by atoms with Crippen LogP contribution in [-0.4, -0.2) is 10.9 Å². The lowest BCUT2D eigenvalue weighted by Gasteiger charge is -2.08. The van der Waals surface area contributed by atoms with Crippen LogP contribution in [0.2, 0.25) is 0 Å². The van der Waals surface area contributed by atoms with Gasteiger partial charge in [0.25, 0.3) is 5.91 Å². The third kappa shape index (κ3) is 3.29. The Morgan fingerprint density at radius 1 is 1.00 bits per heavy atom. The van der Waals surface area contributed by atoms with Gasteiger partial charge in [-0.3, -0.25) is 4.79 Å². The Labute approximate surface area is 166 Å². The average molecular weight is 393 g/mol. The molecule has 4 aromatic rings. The maximum absolute atomic E-state index is 12.9. The summed E-state index contributed by atoms with van der Waals surface area (Å²) in [7, 11) is 0. The molecule has 0 radical (unpaired) electrons. The van der Waals surface area contributed by atoms with E-state index in [1.165, 1.54) is 10.4 Å². The quantitative estimate of drug-likeness (QED) is 0.432. The van der Waals surface area contributed by atoms with E-state index in [0.717, 1.165) is 36.9 Å². The normalized spacial score (nSPS) is 11.1. The monoisotopic (exact) mass is 392 g/mol. The predicted octanol–water partition coefficient (Wildman–Crippen LogP) is 6.51. The summed E-state index contributed by atoms with van der Waals surface area (Å²) in [6.45, 7) is 8.19. The fourth-order valence-corrected chi connectivity index (χ4v) is 5.39. The van der Waals surface area contributed by atoms with E-state index in [2.05, 4.69) is 25.2 Å². The number of aromatic nitrogens is 1. The molecule has 2 heterocycles. The van der Waals surface area contributed by atoms with Crippen molar-refractivity contribution >= 4 is 43.8 Å². The zero-order valence-corrected chi connectivity index (χ0v) is 17.3. The third-order valence-corrected chi connectivity index (χ3v) is 6.92. The number of nitrogens with one attached hydrogen (secondary N) is 1. The van der Waals surface area contributed by atoms with Crippen LogP contribution in [0.15, 0.2) is 42.5 Å². The van der Waals surface area contributed by atoms with E-state index in [9.17, 15) is 4.79 Å². The molecule has 0 aliphatic heterocycles. The Morgan fingerprint density at radius 2 is 1.78 bits per heavy atom. The number of nitrogens with zero attached hydrogens (tertiary/aromatic N) is 1. The fourth-order valence-electron chi connectivity index (χ4n) is 3.19. The van der Waals surface area contributed by atoms with E-state index < -0.39 is 0 Å². The summed E-state index contributed by atoms with van der Waals surface area (Å²) in [5, 5.41) is 4.96. The van der Waals surface area contributed by atoms with Crippen molar-refractivity contribution in [1.82, 2.24) is 4.98 Å². The van der Waals surface area contributed by atoms with Crippen molar-refractivity contribution in [3.05, 3.63) is 69.6 Å². The van der Waals surface area contributed by atoms with Crippen LogP contribution in [0.1, 0.15) is 31.9 Å². The van der Waals surface area contributed by atoms with E-state index in [4.69, 9.17) is 4.98 Å². The summed E-state index contributed by atoms with van der Waals surface area (Å²) in [4.78, 5) is 18.9. The van der Waals surface area contributed by atoms with Crippen molar-refractivity contribution in [2.24, 2.45) is 0 Å². The van der Waals surface area contributed by atoms with Gasteiger partial charge in [0.2, 0.25) is 0 Å². The molecule has 3 nitrogen and oxygen atoms in total. The van der Waals surface area contributed by atoms with Crippen LogP contribution in [-0.2, 0) is 0 Å². The lowest BCUT2D eigenvalue weighted by atomic mass is 10.1. The Bertz CT molecular complexity index is 1140. The van der Waals surface area contributed by atoms with Crippen LogP contribution >= 0.6 is 22.7 Å². The van der Waals surface area contributed by atoms with Gasteiger partial charge in [-0.1, -0.05) is 29.8 Å². The van der Waals surface area contributed by atoms with Gasteiger partial charge in [0, 0.05) is 16.0 Å². The van der Waals surface area contributed by atoms with Crippen molar-refractivity contribution in [2.75, 3.05) is 5.32 Å². The molecule has 5 heteroatoms. The van der Waals surface area contributed by atoms with Gasteiger partial charge >= 0.3 is 0 Å². The van der Waals surface area contributed by atoms with Crippen molar-refractivity contribution in [3.63, 3.8) is 0 Å². The number of para-hydroxylation sites is 1. The third-order valence-electron chi connectivity index (χ3n) is 4.75. The second-order valence-electron chi connectivity index (χ2n) is 6.75. The van der Waals surface area contributed by atoms with Crippen LogP contribution in [0.4, 0.5) is 5.00 Å². The number of hydrogen-bond donors (Lipinski definition) is 1. The van der Waals surface area contributed by atoms with Crippen molar-refractivity contribution in [3.8, 4) is 10.6 Å². The first kappa shape index (κ1) is 17.9. The van der Waals surface area contributed by atoms with Crippen LogP contribution in [0, 0.1) is 27.7 Å². The second-order valence-corrected chi connectivity index (χ2v) is 9.00. The van der Waals surface area contributed by atoms with Crippen molar-refractivity contribution in [2.45, 2.75) is 27.7 Å². The minimum absolute atomic E-state index is 0.0730. The number of aryl methyl sites for hydroxylation is 3. The number of rotatable bonds is 3. The Hall–Kier alpha value is -2.50. The Kier molecular flexibility index (Phi) is 4.58. The molecule has 0 saturated heterocycles. The van der Waals surface area contributed by atoms with Gasteiger partial charge in [-0.2, -0.15) is 0 Å². The van der Waals surface area contributed by atoms with E-state index in [1.54, 1.807) is 22.7 Å². The van der Waals surface area contributed by atoms with Crippen molar-refractivity contribution < 1.29 is 4.79 Å². The number of anilines is 1.